The summed E-state index contributed by atoms with van der Waals surface area (Å²) in [7, 11) is 1.61. The van der Waals surface area contributed by atoms with Crippen molar-refractivity contribution in [3.8, 4) is 5.75 Å². The molecule has 134 valence electrons. The van der Waals surface area contributed by atoms with Crippen molar-refractivity contribution in [2.45, 2.75) is 0 Å². The molecule has 4 rings (SSSR count). The molecule has 0 saturated carbocycles. The van der Waals surface area contributed by atoms with Gasteiger partial charge in [0.15, 0.2) is 5.84 Å². The lowest BCUT2D eigenvalue weighted by atomic mass is 10.0. The van der Waals surface area contributed by atoms with Crippen molar-refractivity contribution in [1.82, 2.24) is 5.43 Å². The van der Waals surface area contributed by atoms with Gasteiger partial charge in [0.1, 0.15) is 17.3 Å². The van der Waals surface area contributed by atoms with Gasteiger partial charge in [-0.2, -0.15) is 5.10 Å². The summed E-state index contributed by atoms with van der Waals surface area (Å²) >= 11 is 3.43. The molecule has 1 aliphatic heterocycles. The van der Waals surface area contributed by atoms with Crippen LogP contribution in [-0.2, 0) is 0 Å². The molecule has 3 aromatic carbocycles. The van der Waals surface area contributed by atoms with Crippen LogP contribution in [0.2, 0.25) is 0 Å². The number of nitrogens with zero attached hydrogens (tertiary/aromatic N) is 2. The van der Waals surface area contributed by atoms with Gasteiger partial charge >= 0.3 is 0 Å². The number of rotatable bonds is 3. The van der Waals surface area contributed by atoms with Crippen LogP contribution >= 0.6 is 15.9 Å². The second-order valence-corrected chi connectivity index (χ2v) is 6.85. The van der Waals surface area contributed by atoms with Crippen LogP contribution in [-0.4, -0.2) is 18.7 Å². The Morgan fingerprint density at radius 2 is 1.63 bits per heavy atom. The molecule has 27 heavy (non-hydrogen) atoms. The number of methoxy groups -OCH3 is 1. The zero-order valence-electron chi connectivity index (χ0n) is 14.4. The van der Waals surface area contributed by atoms with E-state index < -0.39 is 0 Å². The number of hydrogen-bond acceptors (Lipinski definition) is 4. The quantitative estimate of drug-likeness (QED) is 0.641. The molecule has 4 nitrogen and oxygen atoms in total. The van der Waals surface area contributed by atoms with Crippen molar-refractivity contribution in [1.29, 1.82) is 0 Å². The smallest absolute Gasteiger partial charge is 0.154 e. The maximum atomic E-state index is 14.0. The Morgan fingerprint density at radius 1 is 0.926 bits per heavy atom. The van der Waals surface area contributed by atoms with Crippen molar-refractivity contribution in [2.75, 3.05) is 7.11 Å². The summed E-state index contributed by atoms with van der Waals surface area (Å²) in [4.78, 5) is 4.67. The fraction of sp³-hybridized carbons (Fsp3) is 0.0476. The minimum atomic E-state index is -0.336. The summed E-state index contributed by atoms with van der Waals surface area (Å²) in [6.07, 6.45) is 0. The number of nitrogens with one attached hydrogen (secondary N) is 1. The maximum absolute atomic E-state index is 14.0. The molecule has 0 atom stereocenters. The van der Waals surface area contributed by atoms with Gasteiger partial charge < -0.3 is 4.74 Å². The van der Waals surface area contributed by atoms with E-state index >= 15 is 0 Å². The van der Waals surface area contributed by atoms with Crippen molar-refractivity contribution in [3.63, 3.8) is 0 Å². The molecule has 0 aliphatic carbocycles. The van der Waals surface area contributed by atoms with Gasteiger partial charge in [0.05, 0.1) is 12.8 Å². The molecule has 1 aliphatic rings. The molecule has 0 bridgehead atoms. The lowest BCUT2D eigenvalue weighted by Crippen LogP contribution is -2.19. The number of halogens is 2. The van der Waals surface area contributed by atoms with E-state index in [-0.39, 0.29) is 5.82 Å². The number of aliphatic imine (C=N–C) groups is 1. The lowest BCUT2D eigenvalue weighted by molar-refractivity contribution is 0.415. The lowest BCUT2D eigenvalue weighted by Gasteiger charge is -2.08. The number of benzene rings is 3. The van der Waals surface area contributed by atoms with E-state index in [0.717, 1.165) is 21.3 Å². The summed E-state index contributed by atoms with van der Waals surface area (Å²) in [5, 5.41) is 4.53. The molecule has 0 saturated heterocycles. The van der Waals surface area contributed by atoms with Gasteiger partial charge in [-0.1, -0.05) is 28.1 Å². The average molecular weight is 424 g/mol. The Balaban J connectivity index is 1.83. The molecule has 0 spiro atoms. The first kappa shape index (κ1) is 17.4. The van der Waals surface area contributed by atoms with Crippen LogP contribution in [0.4, 0.5) is 10.1 Å². The Kier molecular flexibility index (Phi) is 4.73. The zero-order chi connectivity index (χ0) is 18.8. The van der Waals surface area contributed by atoms with E-state index in [1.807, 2.05) is 48.5 Å². The van der Waals surface area contributed by atoms with E-state index in [1.165, 1.54) is 12.1 Å². The molecule has 1 heterocycles. The van der Waals surface area contributed by atoms with Crippen molar-refractivity contribution >= 4 is 33.2 Å². The van der Waals surface area contributed by atoms with Crippen LogP contribution in [0, 0.1) is 5.82 Å². The summed E-state index contributed by atoms with van der Waals surface area (Å²) in [5.41, 5.74) is 6.63. The number of hydrazone groups is 1. The molecular formula is C21H15BrFN3O. The van der Waals surface area contributed by atoms with Gasteiger partial charge in [-0.15, -0.1) is 0 Å². The van der Waals surface area contributed by atoms with Gasteiger partial charge in [0, 0.05) is 21.2 Å². The predicted molar refractivity (Wildman–Crippen MR) is 109 cm³/mol. The highest BCUT2D eigenvalue weighted by molar-refractivity contribution is 9.10. The Morgan fingerprint density at radius 3 is 2.33 bits per heavy atom. The molecule has 0 unspecified atom stereocenters. The first-order valence-corrected chi connectivity index (χ1v) is 9.06. The molecule has 3 aromatic rings. The average Bonchev–Trinajstić information content (AvgIpc) is 2.88. The third-order valence-electron chi connectivity index (χ3n) is 4.20. The summed E-state index contributed by atoms with van der Waals surface area (Å²) in [5.74, 6) is 1.00. The Bertz CT molecular complexity index is 1040. The largest absolute Gasteiger partial charge is 0.497 e. The number of hydrogen-bond donors (Lipinski definition) is 1. The Hall–Kier alpha value is -2.99. The normalized spacial score (nSPS) is 13.0. The second-order valence-electron chi connectivity index (χ2n) is 5.93. The highest BCUT2D eigenvalue weighted by Crippen LogP contribution is 2.27. The van der Waals surface area contributed by atoms with Crippen molar-refractivity contribution in [2.24, 2.45) is 10.1 Å². The van der Waals surface area contributed by atoms with Crippen LogP contribution in [0.5, 0.6) is 5.75 Å². The predicted octanol–water partition coefficient (Wildman–Crippen LogP) is 5.03. The van der Waals surface area contributed by atoms with E-state index in [1.54, 1.807) is 13.2 Å². The minimum Gasteiger partial charge on any atom is -0.497 e. The second kappa shape index (κ2) is 7.32. The first-order valence-electron chi connectivity index (χ1n) is 8.27. The fourth-order valence-electron chi connectivity index (χ4n) is 2.82. The molecule has 0 radical (unpaired) electrons. The standard InChI is InChI=1S/C21H15BrFN3O/c1-27-17-9-4-13(5-10-17)20-18-12-16(23)8-11-19(18)24-21(26-25-20)14-2-6-15(22)7-3-14/h2-12H,1H3,(H,24,26). The van der Waals surface area contributed by atoms with Gasteiger partial charge in [-0.25, -0.2) is 9.38 Å². The number of ether oxygens (including phenoxy) is 1. The van der Waals surface area contributed by atoms with Crippen molar-refractivity contribution in [3.05, 3.63) is 93.7 Å². The van der Waals surface area contributed by atoms with E-state index in [9.17, 15) is 4.39 Å². The Labute approximate surface area is 164 Å². The monoisotopic (exact) mass is 423 g/mol. The van der Waals surface area contributed by atoms with Gasteiger partial charge in [-0.3, -0.25) is 5.43 Å². The third kappa shape index (κ3) is 3.61. The van der Waals surface area contributed by atoms with E-state index in [4.69, 9.17) is 4.74 Å². The van der Waals surface area contributed by atoms with E-state index in [2.05, 4.69) is 31.4 Å². The zero-order valence-corrected chi connectivity index (χ0v) is 16.0. The molecule has 0 aromatic heterocycles. The van der Waals surface area contributed by atoms with Crippen LogP contribution < -0.4 is 10.2 Å². The van der Waals surface area contributed by atoms with Crippen LogP contribution in [0.15, 0.2) is 81.3 Å². The highest BCUT2D eigenvalue weighted by Gasteiger charge is 2.18. The summed E-state index contributed by atoms with van der Waals surface area (Å²) in [6.45, 7) is 0. The first-order chi connectivity index (χ1) is 13.1. The van der Waals surface area contributed by atoms with Crippen LogP contribution in [0.3, 0.4) is 0 Å². The topological polar surface area (TPSA) is 46.0 Å². The SMILES string of the molecule is COc1ccc(C2=NNC(c3ccc(Br)cc3)=Nc3ccc(F)cc32)cc1. The number of amidine groups is 1. The molecule has 1 N–H and O–H groups in total. The highest BCUT2D eigenvalue weighted by atomic mass is 79.9. The third-order valence-corrected chi connectivity index (χ3v) is 4.73. The summed E-state index contributed by atoms with van der Waals surface area (Å²) in [6, 6.07) is 19.7. The minimum absolute atomic E-state index is 0.336. The van der Waals surface area contributed by atoms with Gasteiger partial charge in [-0.05, 0) is 54.6 Å². The van der Waals surface area contributed by atoms with Crippen molar-refractivity contribution < 1.29 is 9.13 Å². The van der Waals surface area contributed by atoms with Crippen LogP contribution in [0.1, 0.15) is 16.7 Å². The van der Waals surface area contributed by atoms with Crippen LogP contribution in [0.25, 0.3) is 0 Å². The molecule has 0 amide bonds. The number of fused-ring (bicyclic) bond motifs is 1. The summed E-state index contributed by atoms with van der Waals surface area (Å²) < 4.78 is 20.1. The molecular weight excluding hydrogens is 409 g/mol. The molecule has 0 fully saturated rings. The maximum Gasteiger partial charge on any atom is 0.154 e. The van der Waals surface area contributed by atoms with Gasteiger partial charge in [0.25, 0.3) is 0 Å². The fourth-order valence-corrected chi connectivity index (χ4v) is 3.08. The molecule has 6 heteroatoms. The van der Waals surface area contributed by atoms with Gasteiger partial charge in [0.2, 0.25) is 0 Å². The van der Waals surface area contributed by atoms with E-state index in [0.29, 0.717) is 22.8 Å².